The molecule has 4 rings (SSSR count). The van der Waals surface area contributed by atoms with Gasteiger partial charge < -0.3 is 20.3 Å². The van der Waals surface area contributed by atoms with Gasteiger partial charge in [-0.05, 0) is 43.0 Å². The Balaban J connectivity index is 0.00000256. The van der Waals surface area contributed by atoms with Crippen molar-refractivity contribution in [2.75, 3.05) is 44.3 Å². The molecule has 1 aliphatic carbocycles. The highest BCUT2D eigenvalue weighted by Gasteiger charge is 2.43. The molecular formula is C24H33IN4O. The predicted molar refractivity (Wildman–Crippen MR) is 135 cm³/mol. The van der Waals surface area contributed by atoms with Crippen LogP contribution in [-0.4, -0.2) is 45.4 Å². The third-order valence-electron chi connectivity index (χ3n) is 5.91. The van der Waals surface area contributed by atoms with Crippen molar-refractivity contribution in [1.29, 1.82) is 0 Å². The van der Waals surface area contributed by atoms with Gasteiger partial charge >= 0.3 is 0 Å². The van der Waals surface area contributed by atoms with Crippen molar-refractivity contribution in [3.8, 4) is 0 Å². The van der Waals surface area contributed by atoms with Crippen molar-refractivity contribution in [2.45, 2.75) is 31.7 Å². The lowest BCUT2D eigenvalue weighted by molar-refractivity contribution is 0.122. The second-order valence-electron chi connectivity index (χ2n) is 7.96. The van der Waals surface area contributed by atoms with E-state index in [0.29, 0.717) is 6.54 Å². The number of hydrogen-bond donors (Lipinski definition) is 2. The summed E-state index contributed by atoms with van der Waals surface area (Å²) in [6.07, 6.45) is 2.48. The monoisotopic (exact) mass is 520 g/mol. The number of aliphatic imine (C=N–C) groups is 1. The van der Waals surface area contributed by atoms with Gasteiger partial charge in [0.1, 0.15) is 0 Å². The highest BCUT2D eigenvalue weighted by atomic mass is 127. The molecule has 0 atom stereocenters. The van der Waals surface area contributed by atoms with Gasteiger partial charge in [-0.1, -0.05) is 42.5 Å². The fourth-order valence-electron chi connectivity index (χ4n) is 3.91. The topological polar surface area (TPSA) is 48.9 Å². The van der Waals surface area contributed by atoms with E-state index in [1.54, 1.807) is 0 Å². The second-order valence-corrected chi connectivity index (χ2v) is 7.96. The van der Waals surface area contributed by atoms with Crippen molar-refractivity contribution < 1.29 is 4.74 Å². The Kier molecular flexibility index (Phi) is 8.39. The van der Waals surface area contributed by atoms with E-state index >= 15 is 0 Å². The summed E-state index contributed by atoms with van der Waals surface area (Å²) in [6.45, 7) is 8.14. The van der Waals surface area contributed by atoms with Crippen LogP contribution in [0.3, 0.4) is 0 Å². The zero-order valence-electron chi connectivity index (χ0n) is 17.8. The smallest absolute Gasteiger partial charge is 0.191 e. The summed E-state index contributed by atoms with van der Waals surface area (Å²) in [7, 11) is 0. The molecule has 1 aliphatic heterocycles. The third-order valence-corrected chi connectivity index (χ3v) is 5.91. The maximum absolute atomic E-state index is 5.44. The molecule has 0 amide bonds. The fraction of sp³-hybridized carbons (Fsp3) is 0.458. The molecule has 6 heteroatoms. The molecule has 2 N–H and O–H groups in total. The number of hydrogen-bond acceptors (Lipinski definition) is 3. The van der Waals surface area contributed by atoms with Gasteiger partial charge in [-0.3, -0.25) is 0 Å². The number of benzene rings is 2. The number of ether oxygens (including phenoxy) is 1. The Morgan fingerprint density at radius 1 is 1.00 bits per heavy atom. The van der Waals surface area contributed by atoms with Crippen molar-refractivity contribution in [3.05, 3.63) is 65.7 Å². The first kappa shape index (κ1) is 22.9. The van der Waals surface area contributed by atoms with Gasteiger partial charge in [-0.15, -0.1) is 24.0 Å². The normalized spacial score (nSPS) is 17.8. The molecule has 0 unspecified atom stereocenters. The van der Waals surface area contributed by atoms with E-state index in [9.17, 15) is 0 Å². The Morgan fingerprint density at radius 2 is 1.70 bits per heavy atom. The molecule has 2 aliphatic rings. The van der Waals surface area contributed by atoms with Gasteiger partial charge in [0.15, 0.2) is 5.96 Å². The number of nitrogens with zero attached hydrogens (tertiary/aromatic N) is 2. The average Bonchev–Trinajstić information content (AvgIpc) is 3.58. The van der Waals surface area contributed by atoms with E-state index < -0.39 is 0 Å². The van der Waals surface area contributed by atoms with Gasteiger partial charge in [-0.2, -0.15) is 0 Å². The zero-order chi connectivity index (χ0) is 19.9. The van der Waals surface area contributed by atoms with E-state index in [1.807, 2.05) is 0 Å². The lowest BCUT2D eigenvalue weighted by Crippen LogP contribution is -2.41. The van der Waals surface area contributed by atoms with Crippen LogP contribution < -0.4 is 15.5 Å². The first-order chi connectivity index (χ1) is 14.3. The minimum atomic E-state index is 0. The first-order valence-corrected chi connectivity index (χ1v) is 10.8. The van der Waals surface area contributed by atoms with Gasteiger partial charge in [0.25, 0.3) is 0 Å². The van der Waals surface area contributed by atoms with Gasteiger partial charge in [0.2, 0.25) is 0 Å². The van der Waals surface area contributed by atoms with Crippen LogP contribution in [0.5, 0.6) is 0 Å². The number of rotatable bonds is 7. The van der Waals surface area contributed by atoms with E-state index in [4.69, 9.17) is 9.73 Å². The zero-order valence-corrected chi connectivity index (χ0v) is 20.1. The SMILES string of the molecule is CCNC(=NCc1ccc(N2CCOCC2)cc1)NCC1(c2ccccc2)CC1.I. The van der Waals surface area contributed by atoms with Crippen LogP contribution >= 0.6 is 24.0 Å². The molecule has 30 heavy (non-hydrogen) atoms. The highest BCUT2D eigenvalue weighted by Crippen LogP contribution is 2.47. The maximum Gasteiger partial charge on any atom is 0.191 e. The molecule has 2 fully saturated rings. The highest BCUT2D eigenvalue weighted by molar-refractivity contribution is 14.0. The number of guanidine groups is 1. The molecule has 0 bridgehead atoms. The maximum atomic E-state index is 5.44. The number of nitrogens with one attached hydrogen (secondary N) is 2. The van der Waals surface area contributed by atoms with Crippen LogP contribution in [0.2, 0.25) is 0 Å². The van der Waals surface area contributed by atoms with Crippen molar-refractivity contribution in [2.24, 2.45) is 4.99 Å². The minimum Gasteiger partial charge on any atom is -0.378 e. The molecule has 1 heterocycles. The van der Waals surface area contributed by atoms with Crippen LogP contribution in [0.25, 0.3) is 0 Å². The largest absolute Gasteiger partial charge is 0.378 e. The molecular weight excluding hydrogens is 487 g/mol. The van der Waals surface area contributed by atoms with E-state index in [2.05, 4.69) is 77.1 Å². The van der Waals surface area contributed by atoms with E-state index in [1.165, 1.54) is 29.7 Å². The van der Waals surface area contributed by atoms with Crippen molar-refractivity contribution in [3.63, 3.8) is 0 Å². The number of morpholine rings is 1. The van der Waals surface area contributed by atoms with E-state index in [0.717, 1.165) is 45.4 Å². The predicted octanol–water partition coefficient (Wildman–Crippen LogP) is 3.93. The molecule has 5 nitrogen and oxygen atoms in total. The van der Waals surface area contributed by atoms with Crippen LogP contribution in [0, 0.1) is 0 Å². The van der Waals surface area contributed by atoms with Crippen LogP contribution in [-0.2, 0) is 16.7 Å². The van der Waals surface area contributed by atoms with E-state index in [-0.39, 0.29) is 29.4 Å². The third kappa shape index (κ3) is 5.88. The summed E-state index contributed by atoms with van der Waals surface area (Å²) in [5.41, 5.74) is 4.20. The molecule has 1 saturated carbocycles. The summed E-state index contributed by atoms with van der Waals surface area (Å²) in [5, 5.41) is 6.96. The first-order valence-electron chi connectivity index (χ1n) is 10.8. The molecule has 0 spiro atoms. The number of anilines is 1. The number of halogens is 1. The Bertz CT molecular complexity index is 800. The molecule has 2 aromatic carbocycles. The molecule has 0 radical (unpaired) electrons. The molecule has 2 aromatic rings. The van der Waals surface area contributed by atoms with Crippen LogP contribution in [0.1, 0.15) is 30.9 Å². The lowest BCUT2D eigenvalue weighted by Gasteiger charge is -2.28. The van der Waals surface area contributed by atoms with Crippen molar-refractivity contribution in [1.82, 2.24) is 10.6 Å². The summed E-state index contributed by atoms with van der Waals surface area (Å²) >= 11 is 0. The summed E-state index contributed by atoms with van der Waals surface area (Å²) < 4.78 is 5.44. The Morgan fingerprint density at radius 3 is 2.33 bits per heavy atom. The van der Waals surface area contributed by atoms with Crippen molar-refractivity contribution >= 4 is 35.6 Å². The van der Waals surface area contributed by atoms with Gasteiger partial charge in [0, 0.05) is 37.3 Å². The molecule has 1 saturated heterocycles. The minimum absolute atomic E-state index is 0. The quantitative estimate of drug-likeness (QED) is 0.330. The summed E-state index contributed by atoms with van der Waals surface area (Å²) in [5.74, 6) is 0.895. The van der Waals surface area contributed by atoms with Crippen LogP contribution in [0.15, 0.2) is 59.6 Å². The molecule has 162 valence electrons. The fourth-order valence-corrected chi connectivity index (χ4v) is 3.91. The Labute approximate surface area is 197 Å². The second kappa shape index (κ2) is 11.0. The summed E-state index contributed by atoms with van der Waals surface area (Å²) in [4.78, 5) is 7.19. The lowest BCUT2D eigenvalue weighted by atomic mass is 9.96. The van der Waals surface area contributed by atoms with Gasteiger partial charge in [-0.25, -0.2) is 4.99 Å². The van der Waals surface area contributed by atoms with Gasteiger partial charge in [0.05, 0.1) is 19.8 Å². The Hall–Kier alpha value is -1.80. The summed E-state index contributed by atoms with van der Waals surface area (Å²) in [6, 6.07) is 19.6. The average molecular weight is 520 g/mol. The standard InChI is InChI=1S/C24H32N4O.HI/c1-2-25-23(27-19-24(12-13-24)21-6-4-3-5-7-21)26-18-20-8-10-22(11-9-20)28-14-16-29-17-15-28;/h3-11H,2,12-19H2,1H3,(H2,25,26,27);1H. The van der Waals surface area contributed by atoms with Crippen LogP contribution in [0.4, 0.5) is 5.69 Å². The molecule has 0 aromatic heterocycles.